The highest BCUT2D eigenvalue weighted by atomic mass is 19.1. The number of carbonyl (C=O) groups is 1. The Hall–Kier alpha value is -3.03. The normalized spacial score (nSPS) is 17.1. The van der Waals surface area contributed by atoms with Gasteiger partial charge in [-0.05, 0) is 42.7 Å². The molecule has 1 fully saturated rings. The number of carbonyl (C=O) groups excluding carboxylic acids is 1. The molecule has 1 aliphatic rings. The minimum absolute atomic E-state index is 0.0206. The molecule has 1 aliphatic heterocycles. The van der Waals surface area contributed by atoms with Crippen LogP contribution in [0.1, 0.15) is 44.0 Å². The lowest BCUT2D eigenvalue weighted by Gasteiger charge is -2.32. The molecular weight excluding hydrogens is 371 g/mol. The van der Waals surface area contributed by atoms with Crippen LogP contribution in [0.2, 0.25) is 0 Å². The van der Waals surface area contributed by atoms with Gasteiger partial charge in [-0.2, -0.15) is 4.52 Å². The number of anilines is 1. The van der Waals surface area contributed by atoms with Crippen LogP contribution in [0.5, 0.6) is 0 Å². The van der Waals surface area contributed by atoms with Gasteiger partial charge < -0.3 is 10.2 Å². The predicted molar refractivity (Wildman–Crippen MR) is 108 cm³/mol. The van der Waals surface area contributed by atoms with E-state index in [9.17, 15) is 9.18 Å². The van der Waals surface area contributed by atoms with E-state index in [1.165, 1.54) is 12.1 Å². The van der Waals surface area contributed by atoms with E-state index in [0.29, 0.717) is 13.1 Å². The molecule has 152 valence electrons. The van der Waals surface area contributed by atoms with E-state index in [2.05, 4.69) is 34.3 Å². The number of hydrogen-bond donors (Lipinski definition) is 1. The fourth-order valence-electron chi connectivity index (χ4n) is 3.66. The van der Waals surface area contributed by atoms with Gasteiger partial charge in [-0.1, -0.05) is 26.0 Å². The lowest BCUT2D eigenvalue weighted by molar-refractivity contribution is -0.125. The Kier molecular flexibility index (Phi) is 5.42. The van der Waals surface area contributed by atoms with Gasteiger partial charge in [0, 0.05) is 25.6 Å². The zero-order chi connectivity index (χ0) is 20.4. The van der Waals surface area contributed by atoms with Crippen molar-refractivity contribution in [3.63, 3.8) is 0 Å². The predicted octanol–water partition coefficient (Wildman–Crippen LogP) is 2.92. The number of halogens is 1. The molecule has 1 aromatic carbocycles. The summed E-state index contributed by atoms with van der Waals surface area (Å²) >= 11 is 0. The van der Waals surface area contributed by atoms with Gasteiger partial charge in [0.15, 0.2) is 11.5 Å². The van der Waals surface area contributed by atoms with Crippen molar-refractivity contribution in [1.29, 1.82) is 0 Å². The monoisotopic (exact) mass is 396 g/mol. The van der Waals surface area contributed by atoms with Gasteiger partial charge in [-0.3, -0.25) is 4.79 Å². The van der Waals surface area contributed by atoms with Crippen LogP contribution in [0.15, 0.2) is 36.4 Å². The molecule has 0 unspecified atom stereocenters. The van der Waals surface area contributed by atoms with Crippen molar-refractivity contribution in [3.8, 4) is 0 Å². The van der Waals surface area contributed by atoms with Gasteiger partial charge >= 0.3 is 0 Å². The van der Waals surface area contributed by atoms with E-state index in [1.54, 1.807) is 16.6 Å². The number of benzene rings is 1. The summed E-state index contributed by atoms with van der Waals surface area (Å²) in [4.78, 5) is 14.8. The Morgan fingerprint density at radius 3 is 2.76 bits per heavy atom. The van der Waals surface area contributed by atoms with Crippen molar-refractivity contribution in [1.82, 2.24) is 25.1 Å². The number of amides is 1. The molecule has 4 rings (SSSR count). The van der Waals surface area contributed by atoms with Gasteiger partial charge in [0.2, 0.25) is 5.91 Å². The topological polar surface area (TPSA) is 75.4 Å². The Balaban J connectivity index is 1.43. The molecule has 0 radical (unpaired) electrons. The van der Waals surface area contributed by atoms with E-state index < -0.39 is 0 Å². The van der Waals surface area contributed by atoms with Gasteiger partial charge in [-0.15, -0.1) is 15.3 Å². The van der Waals surface area contributed by atoms with Crippen LogP contribution in [-0.2, 0) is 11.3 Å². The molecule has 7 nitrogen and oxygen atoms in total. The summed E-state index contributed by atoms with van der Waals surface area (Å²) in [6, 6.07) is 10.0. The van der Waals surface area contributed by atoms with Crippen LogP contribution in [0.4, 0.5) is 10.2 Å². The Labute approximate surface area is 168 Å². The summed E-state index contributed by atoms with van der Waals surface area (Å²) in [5.74, 6) is 1.52. The Morgan fingerprint density at radius 2 is 2.00 bits per heavy atom. The number of nitrogens with one attached hydrogen (secondary N) is 1. The number of piperidine rings is 1. The average Bonchev–Trinajstić information content (AvgIpc) is 3.17. The smallest absolute Gasteiger partial charge is 0.225 e. The first-order chi connectivity index (χ1) is 14.0. The third kappa shape index (κ3) is 4.21. The minimum Gasteiger partial charge on any atom is -0.354 e. The molecule has 0 saturated carbocycles. The fraction of sp³-hybridized carbons (Fsp3) is 0.429. The van der Waals surface area contributed by atoms with Gasteiger partial charge in [0.05, 0.1) is 5.92 Å². The Morgan fingerprint density at radius 1 is 1.21 bits per heavy atom. The van der Waals surface area contributed by atoms with Crippen LogP contribution in [0.25, 0.3) is 5.65 Å². The summed E-state index contributed by atoms with van der Waals surface area (Å²) in [6.45, 7) is 6.00. The molecule has 1 atom stereocenters. The number of aromatic nitrogens is 4. The van der Waals surface area contributed by atoms with Crippen LogP contribution in [-0.4, -0.2) is 38.8 Å². The summed E-state index contributed by atoms with van der Waals surface area (Å²) in [5.41, 5.74) is 1.61. The van der Waals surface area contributed by atoms with E-state index in [-0.39, 0.29) is 23.6 Å². The maximum Gasteiger partial charge on any atom is 0.225 e. The molecule has 1 N–H and O–H groups in total. The lowest BCUT2D eigenvalue weighted by atomic mass is 9.97. The fourth-order valence-corrected chi connectivity index (χ4v) is 3.66. The molecule has 1 amide bonds. The third-order valence-corrected chi connectivity index (χ3v) is 5.29. The first-order valence-corrected chi connectivity index (χ1v) is 10.0. The molecule has 8 heteroatoms. The van der Waals surface area contributed by atoms with Crippen LogP contribution < -0.4 is 10.2 Å². The van der Waals surface area contributed by atoms with Crippen molar-refractivity contribution >= 4 is 17.4 Å². The quantitative estimate of drug-likeness (QED) is 0.718. The third-order valence-electron chi connectivity index (χ3n) is 5.29. The van der Waals surface area contributed by atoms with Crippen LogP contribution >= 0.6 is 0 Å². The van der Waals surface area contributed by atoms with Crippen molar-refractivity contribution < 1.29 is 9.18 Å². The SMILES string of the molecule is CC(C)c1nnc2ccc(N3CCC[C@@H](C(=O)NCc4ccc(F)cc4)C3)nn12. The molecule has 1 saturated heterocycles. The molecular formula is C21H25FN6O. The summed E-state index contributed by atoms with van der Waals surface area (Å²) in [7, 11) is 0. The van der Waals surface area contributed by atoms with Crippen molar-refractivity contribution in [2.75, 3.05) is 18.0 Å². The van der Waals surface area contributed by atoms with E-state index in [4.69, 9.17) is 5.10 Å². The van der Waals surface area contributed by atoms with E-state index >= 15 is 0 Å². The first-order valence-electron chi connectivity index (χ1n) is 10.0. The van der Waals surface area contributed by atoms with Crippen molar-refractivity contribution in [3.05, 3.63) is 53.6 Å². The van der Waals surface area contributed by atoms with Gasteiger partial charge in [0.25, 0.3) is 0 Å². The standard InChI is InChI=1S/C21H25FN6O/c1-14(2)20-25-24-18-9-10-19(26-28(18)20)27-11-3-4-16(13-27)21(29)23-12-15-5-7-17(22)8-6-15/h5-10,14,16H,3-4,11-13H2,1-2H3,(H,23,29)/t16-/m1/s1. The highest BCUT2D eigenvalue weighted by Crippen LogP contribution is 2.23. The summed E-state index contributed by atoms with van der Waals surface area (Å²) in [6.07, 6.45) is 1.77. The number of fused-ring (bicyclic) bond motifs is 1. The maximum atomic E-state index is 13.0. The van der Waals surface area contributed by atoms with E-state index in [0.717, 1.165) is 42.2 Å². The van der Waals surface area contributed by atoms with Crippen LogP contribution in [0, 0.1) is 11.7 Å². The molecule has 2 aromatic heterocycles. The molecule has 3 aromatic rings. The van der Waals surface area contributed by atoms with Crippen molar-refractivity contribution in [2.45, 2.75) is 39.2 Å². The Bertz CT molecular complexity index is 1000. The number of nitrogens with zero attached hydrogens (tertiary/aromatic N) is 5. The number of rotatable bonds is 5. The average molecular weight is 396 g/mol. The molecule has 0 aliphatic carbocycles. The number of hydrogen-bond acceptors (Lipinski definition) is 5. The molecule has 0 spiro atoms. The minimum atomic E-state index is -0.277. The molecule has 3 heterocycles. The van der Waals surface area contributed by atoms with Gasteiger partial charge in [0.1, 0.15) is 11.6 Å². The summed E-state index contributed by atoms with van der Waals surface area (Å²) < 4.78 is 14.8. The second-order valence-corrected chi connectivity index (χ2v) is 7.80. The van der Waals surface area contributed by atoms with Crippen molar-refractivity contribution in [2.24, 2.45) is 5.92 Å². The highest BCUT2D eigenvalue weighted by molar-refractivity contribution is 5.79. The maximum absolute atomic E-state index is 13.0. The highest BCUT2D eigenvalue weighted by Gasteiger charge is 2.27. The second kappa shape index (κ2) is 8.14. The zero-order valence-electron chi connectivity index (χ0n) is 16.7. The molecule has 0 bridgehead atoms. The first kappa shape index (κ1) is 19.3. The van der Waals surface area contributed by atoms with E-state index in [1.807, 2.05) is 12.1 Å². The zero-order valence-corrected chi connectivity index (χ0v) is 16.7. The van der Waals surface area contributed by atoms with Crippen LogP contribution in [0.3, 0.4) is 0 Å². The second-order valence-electron chi connectivity index (χ2n) is 7.80. The van der Waals surface area contributed by atoms with Gasteiger partial charge in [-0.25, -0.2) is 4.39 Å². The summed E-state index contributed by atoms with van der Waals surface area (Å²) in [5, 5.41) is 16.1. The lowest BCUT2D eigenvalue weighted by Crippen LogP contribution is -2.43. The molecule has 29 heavy (non-hydrogen) atoms. The largest absolute Gasteiger partial charge is 0.354 e.